The first-order chi connectivity index (χ1) is 15.0. The number of carbonyl (C=O) groups excluding carboxylic acids is 2. The number of ether oxygens (including phenoxy) is 1. The second kappa shape index (κ2) is 9.13. The number of nitrogens with zero attached hydrogens (tertiary/aromatic N) is 3. The maximum atomic E-state index is 14.0. The Morgan fingerprint density at radius 3 is 2.81 bits per heavy atom. The van der Waals surface area contributed by atoms with Crippen LogP contribution in [0.15, 0.2) is 57.7 Å². The zero-order valence-corrected chi connectivity index (χ0v) is 17.0. The van der Waals surface area contributed by atoms with E-state index in [4.69, 9.17) is 13.7 Å². The van der Waals surface area contributed by atoms with E-state index in [0.29, 0.717) is 17.0 Å². The van der Waals surface area contributed by atoms with Crippen molar-refractivity contribution in [2.45, 2.75) is 26.2 Å². The molecule has 0 N–H and O–H groups in total. The van der Waals surface area contributed by atoms with Crippen molar-refractivity contribution in [3.8, 4) is 0 Å². The van der Waals surface area contributed by atoms with E-state index in [2.05, 4.69) is 5.16 Å². The van der Waals surface area contributed by atoms with Crippen LogP contribution in [0, 0.1) is 12.7 Å². The number of benzene rings is 1. The molecule has 1 fully saturated rings. The summed E-state index contributed by atoms with van der Waals surface area (Å²) < 4.78 is 30.4. The largest absolute Gasteiger partial charge is 0.459 e. The monoisotopic (exact) mass is 427 g/mol. The van der Waals surface area contributed by atoms with Crippen LogP contribution in [0.25, 0.3) is 0 Å². The summed E-state index contributed by atoms with van der Waals surface area (Å²) in [5.74, 6) is -0.365. The van der Waals surface area contributed by atoms with Crippen LogP contribution in [-0.4, -0.2) is 52.5 Å². The molecule has 2 amide bonds. The van der Waals surface area contributed by atoms with Gasteiger partial charge in [-0.15, -0.1) is 0 Å². The summed E-state index contributed by atoms with van der Waals surface area (Å²) >= 11 is 0. The Labute approximate surface area is 178 Å². The van der Waals surface area contributed by atoms with Crippen molar-refractivity contribution in [2.24, 2.45) is 0 Å². The minimum absolute atomic E-state index is 0.0174. The highest BCUT2D eigenvalue weighted by atomic mass is 19.1. The number of hydrogen-bond acceptors (Lipinski definition) is 6. The summed E-state index contributed by atoms with van der Waals surface area (Å²) in [5.41, 5.74) is 1.11. The van der Waals surface area contributed by atoms with Crippen LogP contribution < -0.4 is 0 Å². The van der Waals surface area contributed by atoms with E-state index in [1.807, 2.05) is 0 Å². The van der Waals surface area contributed by atoms with Crippen LogP contribution in [0.3, 0.4) is 0 Å². The van der Waals surface area contributed by atoms with E-state index in [-0.39, 0.29) is 50.3 Å². The van der Waals surface area contributed by atoms with Gasteiger partial charge in [0.25, 0.3) is 5.91 Å². The Morgan fingerprint density at radius 2 is 2.10 bits per heavy atom. The molecular formula is C22H22FN3O5. The summed E-state index contributed by atoms with van der Waals surface area (Å²) in [6, 6.07) is 11.2. The smallest absolute Gasteiger partial charge is 0.290 e. The SMILES string of the molecule is Cc1cc(CN2CC(OCc3ccccc3F)CN(C(=O)c3ccco3)CC2=O)on1. The molecular weight excluding hydrogens is 405 g/mol. The molecule has 4 rings (SSSR count). The highest BCUT2D eigenvalue weighted by Crippen LogP contribution is 2.17. The van der Waals surface area contributed by atoms with Gasteiger partial charge in [0, 0.05) is 24.7 Å². The van der Waals surface area contributed by atoms with Crippen molar-refractivity contribution >= 4 is 11.8 Å². The normalized spacial score (nSPS) is 17.1. The molecule has 2 aromatic heterocycles. The first kappa shape index (κ1) is 20.8. The zero-order chi connectivity index (χ0) is 21.8. The van der Waals surface area contributed by atoms with E-state index in [1.165, 1.54) is 17.2 Å². The molecule has 1 aliphatic heterocycles. The molecule has 1 aromatic carbocycles. The lowest BCUT2D eigenvalue weighted by atomic mass is 10.2. The van der Waals surface area contributed by atoms with E-state index >= 15 is 0 Å². The molecule has 31 heavy (non-hydrogen) atoms. The highest BCUT2D eigenvalue weighted by molar-refractivity contribution is 5.94. The first-order valence-electron chi connectivity index (χ1n) is 9.87. The minimum atomic E-state index is -0.533. The van der Waals surface area contributed by atoms with E-state index in [9.17, 15) is 14.0 Å². The molecule has 0 radical (unpaired) electrons. The van der Waals surface area contributed by atoms with Gasteiger partial charge in [-0.1, -0.05) is 23.4 Å². The summed E-state index contributed by atoms with van der Waals surface area (Å²) in [6.45, 7) is 2.25. The summed E-state index contributed by atoms with van der Waals surface area (Å²) in [7, 11) is 0. The quantitative estimate of drug-likeness (QED) is 0.601. The second-order valence-corrected chi connectivity index (χ2v) is 7.40. The van der Waals surface area contributed by atoms with E-state index in [1.54, 1.807) is 48.2 Å². The Balaban J connectivity index is 1.53. The average Bonchev–Trinajstić information content (AvgIpc) is 3.40. The number of furan rings is 1. The number of amides is 2. The molecule has 3 heterocycles. The number of halogens is 1. The van der Waals surface area contributed by atoms with Crippen molar-refractivity contribution in [1.29, 1.82) is 0 Å². The van der Waals surface area contributed by atoms with Crippen LogP contribution in [-0.2, 0) is 22.7 Å². The zero-order valence-electron chi connectivity index (χ0n) is 17.0. The number of aromatic nitrogens is 1. The maximum absolute atomic E-state index is 14.0. The molecule has 0 bridgehead atoms. The second-order valence-electron chi connectivity index (χ2n) is 7.40. The Bertz CT molecular complexity index is 1050. The van der Waals surface area contributed by atoms with Gasteiger partial charge in [-0.2, -0.15) is 0 Å². The molecule has 3 aromatic rings. The van der Waals surface area contributed by atoms with Gasteiger partial charge < -0.3 is 23.5 Å². The lowest BCUT2D eigenvalue weighted by Crippen LogP contribution is -2.39. The maximum Gasteiger partial charge on any atom is 0.290 e. The molecule has 0 saturated carbocycles. The molecule has 1 unspecified atom stereocenters. The van der Waals surface area contributed by atoms with Gasteiger partial charge in [-0.3, -0.25) is 9.59 Å². The topological polar surface area (TPSA) is 89.0 Å². The van der Waals surface area contributed by atoms with Crippen molar-refractivity contribution in [3.05, 3.63) is 77.3 Å². The average molecular weight is 427 g/mol. The molecule has 162 valence electrons. The number of rotatable bonds is 6. The van der Waals surface area contributed by atoms with Gasteiger partial charge >= 0.3 is 0 Å². The Hall–Kier alpha value is -3.46. The Morgan fingerprint density at radius 1 is 1.26 bits per heavy atom. The third-order valence-corrected chi connectivity index (χ3v) is 5.00. The van der Waals surface area contributed by atoms with E-state index in [0.717, 1.165) is 0 Å². The summed E-state index contributed by atoms with van der Waals surface area (Å²) in [4.78, 5) is 28.7. The van der Waals surface area contributed by atoms with Gasteiger partial charge in [-0.05, 0) is 25.1 Å². The van der Waals surface area contributed by atoms with Crippen LogP contribution >= 0.6 is 0 Å². The first-order valence-corrected chi connectivity index (χ1v) is 9.87. The third kappa shape index (κ3) is 5.00. The molecule has 0 aliphatic carbocycles. The lowest BCUT2D eigenvalue weighted by molar-refractivity contribution is -0.132. The molecule has 1 saturated heterocycles. The lowest BCUT2D eigenvalue weighted by Gasteiger charge is -2.24. The van der Waals surface area contributed by atoms with Gasteiger partial charge in [0.1, 0.15) is 12.4 Å². The molecule has 8 nitrogen and oxygen atoms in total. The molecule has 1 atom stereocenters. The predicted molar refractivity (Wildman–Crippen MR) is 106 cm³/mol. The molecule has 0 spiro atoms. The number of hydrogen-bond donors (Lipinski definition) is 0. The fourth-order valence-electron chi connectivity index (χ4n) is 3.45. The predicted octanol–water partition coefficient (Wildman–Crippen LogP) is 2.79. The van der Waals surface area contributed by atoms with Crippen molar-refractivity contribution in [1.82, 2.24) is 15.0 Å². The minimum Gasteiger partial charge on any atom is -0.459 e. The van der Waals surface area contributed by atoms with Gasteiger partial charge in [-0.25, -0.2) is 4.39 Å². The van der Waals surface area contributed by atoms with Gasteiger partial charge in [0.15, 0.2) is 11.5 Å². The molecule has 1 aliphatic rings. The third-order valence-electron chi connectivity index (χ3n) is 5.00. The fourth-order valence-corrected chi connectivity index (χ4v) is 3.45. The summed E-state index contributed by atoms with van der Waals surface area (Å²) in [5, 5.41) is 3.85. The van der Waals surface area contributed by atoms with Gasteiger partial charge in [0.2, 0.25) is 5.91 Å². The number of aryl methyl sites for hydroxylation is 1. The van der Waals surface area contributed by atoms with Crippen molar-refractivity contribution in [3.63, 3.8) is 0 Å². The molecule has 9 heteroatoms. The van der Waals surface area contributed by atoms with E-state index < -0.39 is 12.0 Å². The highest BCUT2D eigenvalue weighted by Gasteiger charge is 2.32. The van der Waals surface area contributed by atoms with Crippen molar-refractivity contribution < 1.29 is 27.7 Å². The van der Waals surface area contributed by atoms with Crippen LogP contribution in [0.1, 0.15) is 27.6 Å². The summed E-state index contributed by atoms with van der Waals surface area (Å²) in [6.07, 6.45) is 0.867. The van der Waals surface area contributed by atoms with Crippen LogP contribution in [0.4, 0.5) is 4.39 Å². The standard InChI is InChI=1S/C22H22FN3O5/c1-15-9-17(31-24-15)10-25-11-18(30-14-16-5-2-3-6-19(16)23)12-26(13-21(25)27)22(28)20-7-4-8-29-20/h2-9,18H,10-14H2,1H3. The van der Waals surface area contributed by atoms with Crippen molar-refractivity contribution in [2.75, 3.05) is 19.6 Å². The Kier molecular flexibility index (Phi) is 6.13. The fraction of sp³-hybridized carbons (Fsp3) is 0.318. The van der Waals surface area contributed by atoms with Gasteiger partial charge in [0.05, 0.1) is 31.2 Å². The number of carbonyl (C=O) groups is 2. The van der Waals surface area contributed by atoms with Crippen LogP contribution in [0.5, 0.6) is 0 Å². The van der Waals surface area contributed by atoms with Crippen LogP contribution in [0.2, 0.25) is 0 Å².